The molecule has 0 fully saturated rings. The number of halogens is 5. The molecule has 0 amide bonds. The van der Waals surface area contributed by atoms with Crippen LogP contribution in [0.15, 0.2) is 30.3 Å². The number of benzene rings is 2. The fraction of sp³-hybridized carbons (Fsp3) is 0. The van der Waals surface area contributed by atoms with Gasteiger partial charge in [0.25, 0.3) is 0 Å². The molecule has 0 bridgehead atoms. The smallest absolute Gasteiger partial charge is 0.197 e. The highest BCUT2D eigenvalue weighted by Gasteiger charge is 2.19. The number of hydrogen-bond donors (Lipinski definition) is 0. The van der Waals surface area contributed by atoms with Crippen LogP contribution in [0.5, 0.6) is 0 Å². The minimum Gasteiger partial charge on any atom is -0.288 e. The summed E-state index contributed by atoms with van der Waals surface area (Å²) in [6.07, 6.45) is 0. The number of carbonyl (C=O) groups excluding carboxylic acids is 1. The maximum atomic E-state index is 13.5. The Bertz CT molecular complexity index is 673. The molecular weight excluding hydrogens is 391 g/mol. The van der Waals surface area contributed by atoms with Crippen molar-refractivity contribution < 1.29 is 18.0 Å². The Morgan fingerprint density at radius 2 is 1.58 bits per heavy atom. The van der Waals surface area contributed by atoms with Gasteiger partial charge in [-0.2, -0.15) is 0 Å². The molecule has 2 aromatic rings. The lowest BCUT2D eigenvalue weighted by Crippen LogP contribution is -2.08. The summed E-state index contributed by atoms with van der Waals surface area (Å²) in [6, 6.07) is 5.39. The van der Waals surface area contributed by atoms with E-state index in [2.05, 4.69) is 0 Å². The van der Waals surface area contributed by atoms with Gasteiger partial charge in [0.15, 0.2) is 17.4 Å². The van der Waals surface area contributed by atoms with Gasteiger partial charge in [0.05, 0.1) is 5.56 Å². The van der Waals surface area contributed by atoms with Gasteiger partial charge in [0.1, 0.15) is 5.82 Å². The van der Waals surface area contributed by atoms with Crippen LogP contribution < -0.4 is 0 Å². The average Bonchev–Trinajstić information content (AvgIpc) is 2.36. The van der Waals surface area contributed by atoms with Gasteiger partial charge >= 0.3 is 0 Å². The molecule has 98 valence electrons. The van der Waals surface area contributed by atoms with E-state index in [4.69, 9.17) is 11.6 Å². The Morgan fingerprint density at radius 3 is 2.26 bits per heavy atom. The number of carbonyl (C=O) groups is 1. The molecular formula is C13H5ClF3IO. The van der Waals surface area contributed by atoms with E-state index in [1.54, 1.807) is 12.1 Å². The zero-order valence-corrected chi connectivity index (χ0v) is 12.1. The van der Waals surface area contributed by atoms with Crippen molar-refractivity contribution >= 4 is 40.0 Å². The van der Waals surface area contributed by atoms with E-state index >= 15 is 0 Å². The zero-order valence-electron chi connectivity index (χ0n) is 9.18. The second-order valence-electron chi connectivity index (χ2n) is 3.70. The van der Waals surface area contributed by atoms with E-state index < -0.39 is 28.8 Å². The minimum absolute atomic E-state index is 0.137. The first kappa shape index (κ1) is 14.3. The third-order valence-electron chi connectivity index (χ3n) is 2.43. The lowest BCUT2D eigenvalue weighted by molar-refractivity contribution is 0.103. The molecule has 0 aliphatic heterocycles. The predicted octanol–water partition coefficient (Wildman–Crippen LogP) is 4.59. The van der Waals surface area contributed by atoms with Crippen LogP contribution in [0.1, 0.15) is 15.9 Å². The first-order valence-electron chi connectivity index (χ1n) is 5.04. The lowest BCUT2D eigenvalue weighted by Gasteiger charge is -2.06. The zero-order chi connectivity index (χ0) is 14.2. The van der Waals surface area contributed by atoms with Crippen LogP contribution in [-0.2, 0) is 0 Å². The van der Waals surface area contributed by atoms with Gasteiger partial charge in [-0.1, -0.05) is 11.6 Å². The van der Waals surface area contributed by atoms with Crippen LogP contribution in [0, 0.1) is 21.0 Å². The summed E-state index contributed by atoms with van der Waals surface area (Å²) in [5.74, 6) is -4.47. The monoisotopic (exact) mass is 396 g/mol. The van der Waals surface area contributed by atoms with Crippen molar-refractivity contribution in [2.24, 2.45) is 0 Å². The van der Waals surface area contributed by atoms with Crippen molar-refractivity contribution in [2.45, 2.75) is 0 Å². The maximum Gasteiger partial charge on any atom is 0.197 e. The molecule has 6 heteroatoms. The largest absolute Gasteiger partial charge is 0.288 e. The Morgan fingerprint density at radius 1 is 0.947 bits per heavy atom. The first-order chi connectivity index (χ1) is 8.90. The van der Waals surface area contributed by atoms with Gasteiger partial charge in [-0.25, -0.2) is 13.2 Å². The Hall–Kier alpha value is -1.08. The maximum absolute atomic E-state index is 13.5. The molecule has 0 saturated heterocycles. The van der Waals surface area contributed by atoms with E-state index in [-0.39, 0.29) is 5.56 Å². The van der Waals surface area contributed by atoms with Crippen molar-refractivity contribution in [3.63, 3.8) is 0 Å². The van der Waals surface area contributed by atoms with E-state index in [1.165, 1.54) is 6.07 Å². The SMILES string of the molecule is O=C(c1cc(F)c(F)cc1F)c1cc(Cl)ccc1I. The molecule has 0 atom stereocenters. The van der Waals surface area contributed by atoms with E-state index in [1.807, 2.05) is 22.6 Å². The van der Waals surface area contributed by atoms with E-state index in [0.717, 1.165) is 0 Å². The third kappa shape index (κ3) is 2.92. The molecule has 19 heavy (non-hydrogen) atoms. The van der Waals surface area contributed by atoms with Crippen molar-refractivity contribution in [1.29, 1.82) is 0 Å². The van der Waals surface area contributed by atoms with E-state index in [9.17, 15) is 18.0 Å². The van der Waals surface area contributed by atoms with Crippen LogP contribution in [0.2, 0.25) is 5.02 Å². The van der Waals surface area contributed by atoms with Crippen LogP contribution in [-0.4, -0.2) is 5.78 Å². The summed E-state index contributed by atoms with van der Waals surface area (Å²) < 4.78 is 40.0. The van der Waals surface area contributed by atoms with Gasteiger partial charge < -0.3 is 0 Å². The van der Waals surface area contributed by atoms with Crippen LogP contribution in [0.4, 0.5) is 13.2 Å². The van der Waals surface area contributed by atoms with E-state index in [0.29, 0.717) is 20.7 Å². The molecule has 1 nitrogen and oxygen atoms in total. The third-order valence-corrected chi connectivity index (χ3v) is 3.60. The molecule has 0 unspecified atom stereocenters. The molecule has 0 spiro atoms. The number of hydrogen-bond acceptors (Lipinski definition) is 1. The van der Waals surface area contributed by atoms with Crippen LogP contribution in [0.3, 0.4) is 0 Å². The highest BCUT2D eigenvalue weighted by atomic mass is 127. The second-order valence-corrected chi connectivity index (χ2v) is 5.30. The van der Waals surface area contributed by atoms with Crippen molar-refractivity contribution in [3.05, 3.63) is 67.5 Å². The van der Waals surface area contributed by atoms with Gasteiger partial charge in [0.2, 0.25) is 0 Å². The van der Waals surface area contributed by atoms with Gasteiger partial charge in [-0.05, 0) is 46.9 Å². The summed E-state index contributed by atoms with van der Waals surface area (Å²) >= 11 is 7.64. The molecule has 0 aliphatic carbocycles. The second kappa shape index (κ2) is 5.50. The highest BCUT2D eigenvalue weighted by molar-refractivity contribution is 14.1. The number of rotatable bonds is 2. The van der Waals surface area contributed by atoms with Gasteiger partial charge in [0, 0.05) is 20.2 Å². The van der Waals surface area contributed by atoms with Crippen molar-refractivity contribution in [1.82, 2.24) is 0 Å². The quantitative estimate of drug-likeness (QED) is 0.412. The predicted molar refractivity (Wildman–Crippen MR) is 73.9 cm³/mol. The number of ketones is 1. The Kier molecular flexibility index (Phi) is 4.15. The summed E-state index contributed by atoms with van der Waals surface area (Å²) in [5.41, 5.74) is -0.392. The molecule has 0 heterocycles. The van der Waals surface area contributed by atoms with Crippen LogP contribution >= 0.6 is 34.2 Å². The summed E-state index contributed by atoms with van der Waals surface area (Å²) in [6.45, 7) is 0. The Labute approximate surface area is 125 Å². The van der Waals surface area contributed by atoms with Gasteiger partial charge in [-0.15, -0.1) is 0 Å². The normalized spacial score (nSPS) is 10.6. The lowest BCUT2D eigenvalue weighted by atomic mass is 10.0. The Balaban J connectivity index is 2.56. The average molecular weight is 397 g/mol. The molecule has 0 N–H and O–H groups in total. The van der Waals surface area contributed by atoms with Crippen LogP contribution in [0.25, 0.3) is 0 Å². The fourth-order valence-electron chi connectivity index (χ4n) is 1.51. The highest BCUT2D eigenvalue weighted by Crippen LogP contribution is 2.23. The van der Waals surface area contributed by atoms with Crippen molar-refractivity contribution in [2.75, 3.05) is 0 Å². The molecule has 0 radical (unpaired) electrons. The summed E-state index contributed by atoms with van der Waals surface area (Å²) in [7, 11) is 0. The molecule has 0 aliphatic rings. The topological polar surface area (TPSA) is 17.1 Å². The molecule has 0 saturated carbocycles. The molecule has 0 aromatic heterocycles. The first-order valence-corrected chi connectivity index (χ1v) is 6.50. The summed E-state index contributed by atoms with van der Waals surface area (Å²) in [4.78, 5) is 12.1. The molecule has 2 rings (SSSR count). The standard InChI is InChI=1S/C13H5ClF3IO/c14-6-1-2-12(18)8(3-6)13(19)7-4-10(16)11(17)5-9(7)15/h1-5H. The summed E-state index contributed by atoms with van der Waals surface area (Å²) in [5, 5.41) is 0.298. The molecule has 2 aromatic carbocycles. The van der Waals surface area contributed by atoms with Gasteiger partial charge in [-0.3, -0.25) is 4.79 Å². The van der Waals surface area contributed by atoms with Crippen molar-refractivity contribution in [3.8, 4) is 0 Å². The fourth-order valence-corrected chi connectivity index (χ4v) is 2.27. The minimum atomic E-state index is -1.34.